The van der Waals surface area contributed by atoms with Gasteiger partial charge >= 0.3 is 0 Å². The van der Waals surface area contributed by atoms with Crippen molar-refractivity contribution < 1.29 is 9.53 Å². The standard InChI is InChI=1S/C12H15ClO2P/c1-15-11-7-4-5-9(13)12(11)10(14)6-2-3-8-16/h4-5,7,16H,2-3,6,8H2,1H3/q-1. The summed E-state index contributed by atoms with van der Waals surface area (Å²) in [5, 5.41) is 0.461. The van der Waals surface area contributed by atoms with Gasteiger partial charge in [-0.25, -0.2) is 0 Å². The van der Waals surface area contributed by atoms with Gasteiger partial charge in [0, 0.05) is 6.42 Å². The number of methoxy groups -OCH3 is 1. The predicted molar refractivity (Wildman–Crippen MR) is 69.4 cm³/mol. The van der Waals surface area contributed by atoms with Gasteiger partial charge in [-0.2, -0.15) is 6.16 Å². The summed E-state index contributed by atoms with van der Waals surface area (Å²) in [5.74, 6) is 0.596. The molecule has 0 bridgehead atoms. The van der Waals surface area contributed by atoms with E-state index < -0.39 is 0 Å². The first-order chi connectivity index (χ1) is 7.70. The molecular weight excluding hydrogens is 243 g/mol. The highest BCUT2D eigenvalue weighted by atomic mass is 35.5. The largest absolute Gasteiger partial charge is 0.558 e. The fourth-order valence-electron chi connectivity index (χ4n) is 1.48. The third kappa shape index (κ3) is 3.47. The number of halogens is 1. The highest BCUT2D eigenvalue weighted by Gasteiger charge is 2.15. The number of rotatable bonds is 6. The van der Waals surface area contributed by atoms with Gasteiger partial charge in [-0.15, -0.1) is 0 Å². The highest BCUT2D eigenvalue weighted by molar-refractivity contribution is 7.16. The van der Waals surface area contributed by atoms with E-state index in [4.69, 9.17) is 16.3 Å². The summed E-state index contributed by atoms with van der Waals surface area (Å²) in [7, 11) is 4.92. The number of hydrogen-bond donors (Lipinski definition) is 0. The van der Waals surface area contributed by atoms with Crippen molar-refractivity contribution >= 4 is 26.6 Å². The number of carbonyl (C=O) groups is 1. The van der Waals surface area contributed by atoms with Crippen molar-refractivity contribution in [2.45, 2.75) is 19.3 Å². The predicted octanol–water partition coefficient (Wildman–Crippen LogP) is 3.84. The van der Waals surface area contributed by atoms with Crippen LogP contribution in [0.4, 0.5) is 0 Å². The average Bonchev–Trinajstić information content (AvgIpc) is 2.28. The fourth-order valence-corrected chi connectivity index (χ4v) is 2.00. The van der Waals surface area contributed by atoms with E-state index in [2.05, 4.69) is 9.24 Å². The van der Waals surface area contributed by atoms with E-state index in [0.717, 1.165) is 19.0 Å². The Morgan fingerprint density at radius 3 is 2.81 bits per heavy atom. The van der Waals surface area contributed by atoms with Gasteiger partial charge in [-0.1, -0.05) is 24.1 Å². The fraction of sp³-hybridized carbons (Fsp3) is 0.417. The zero-order chi connectivity index (χ0) is 12.0. The lowest BCUT2D eigenvalue weighted by Gasteiger charge is -2.09. The molecule has 1 rings (SSSR count). The van der Waals surface area contributed by atoms with Gasteiger partial charge < -0.3 is 14.0 Å². The summed E-state index contributed by atoms with van der Waals surface area (Å²) in [6, 6.07) is 5.24. The van der Waals surface area contributed by atoms with Crippen LogP contribution >= 0.6 is 20.8 Å². The third-order valence-electron chi connectivity index (χ3n) is 2.30. The summed E-state index contributed by atoms with van der Waals surface area (Å²) in [6.07, 6.45) is 3.25. The molecule has 0 amide bonds. The molecule has 0 aliphatic rings. The molecule has 88 valence electrons. The Bertz CT molecular complexity index is 366. The molecule has 0 radical (unpaired) electrons. The van der Waals surface area contributed by atoms with Gasteiger partial charge in [-0.3, -0.25) is 4.79 Å². The van der Waals surface area contributed by atoms with Gasteiger partial charge in [0.25, 0.3) is 0 Å². The van der Waals surface area contributed by atoms with E-state index in [0.29, 0.717) is 22.8 Å². The van der Waals surface area contributed by atoms with Crippen molar-refractivity contribution in [2.24, 2.45) is 0 Å². The molecule has 0 heterocycles. The first-order valence-corrected chi connectivity index (χ1v) is 6.29. The molecule has 0 N–H and O–H groups in total. The molecule has 0 aliphatic heterocycles. The number of carbonyl (C=O) groups excluding carboxylic acids is 1. The zero-order valence-corrected chi connectivity index (χ0v) is 11.0. The number of hydrogen-bond acceptors (Lipinski definition) is 2. The summed E-state index contributed by atoms with van der Waals surface area (Å²) in [6.45, 7) is 0. The SMILES string of the molecule is COc1cccc(Cl)c1C(=O)CCCC[PH-]. The Hall–Kier alpha value is -0.590. The second-order valence-corrected chi connectivity index (χ2v) is 4.35. The van der Waals surface area contributed by atoms with E-state index in [1.807, 2.05) is 0 Å². The minimum absolute atomic E-state index is 0.0440. The van der Waals surface area contributed by atoms with Crippen molar-refractivity contribution in [1.82, 2.24) is 0 Å². The molecule has 1 aromatic rings. The van der Waals surface area contributed by atoms with Crippen molar-refractivity contribution in [3.05, 3.63) is 28.8 Å². The van der Waals surface area contributed by atoms with Gasteiger partial charge in [0.15, 0.2) is 5.78 Å². The Morgan fingerprint density at radius 2 is 2.19 bits per heavy atom. The Labute approximate surface area is 104 Å². The number of unbranched alkanes of at least 4 members (excludes halogenated alkanes) is 1. The topological polar surface area (TPSA) is 26.3 Å². The van der Waals surface area contributed by atoms with Gasteiger partial charge in [0.1, 0.15) is 5.75 Å². The quantitative estimate of drug-likeness (QED) is 0.440. The molecule has 1 aromatic carbocycles. The number of Topliss-reactive ketones (excluding diaryl/α,β-unsaturated/α-hetero) is 1. The second kappa shape index (κ2) is 6.88. The zero-order valence-electron chi connectivity index (χ0n) is 9.25. The number of ether oxygens (including phenoxy) is 1. The van der Waals surface area contributed by atoms with Crippen molar-refractivity contribution in [3.8, 4) is 5.75 Å². The molecule has 0 fully saturated rings. The normalized spacial score (nSPS) is 10.2. The molecule has 0 spiro atoms. The molecular formula is C12H15ClO2P-. The first kappa shape index (κ1) is 13.5. The second-order valence-electron chi connectivity index (χ2n) is 3.45. The minimum Gasteiger partial charge on any atom is -0.558 e. The molecule has 16 heavy (non-hydrogen) atoms. The highest BCUT2D eigenvalue weighted by Crippen LogP contribution is 2.27. The van der Waals surface area contributed by atoms with Crippen molar-refractivity contribution in [2.75, 3.05) is 13.3 Å². The van der Waals surface area contributed by atoms with Gasteiger partial charge in [0.05, 0.1) is 17.7 Å². The van der Waals surface area contributed by atoms with Crippen molar-refractivity contribution in [3.63, 3.8) is 0 Å². The maximum absolute atomic E-state index is 11.9. The van der Waals surface area contributed by atoms with E-state index in [1.165, 1.54) is 0 Å². The minimum atomic E-state index is 0.0440. The molecule has 0 aromatic heterocycles. The Kier molecular flexibility index (Phi) is 5.79. The smallest absolute Gasteiger partial charge is 0.168 e. The van der Waals surface area contributed by atoms with E-state index in [9.17, 15) is 4.79 Å². The molecule has 0 saturated carbocycles. The van der Waals surface area contributed by atoms with E-state index in [-0.39, 0.29) is 5.78 Å². The lowest BCUT2D eigenvalue weighted by Crippen LogP contribution is -2.03. The summed E-state index contributed by atoms with van der Waals surface area (Å²) >= 11 is 6.01. The van der Waals surface area contributed by atoms with Crippen LogP contribution in [0.25, 0.3) is 0 Å². The van der Waals surface area contributed by atoms with Gasteiger partial charge in [-0.05, 0) is 18.6 Å². The maximum Gasteiger partial charge on any atom is 0.168 e. The van der Waals surface area contributed by atoms with Crippen LogP contribution in [0, 0.1) is 0 Å². The molecule has 0 unspecified atom stereocenters. The Balaban J connectivity index is 2.81. The molecule has 0 aliphatic carbocycles. The van der Waals surface area contributed by atoms with Crippen molar-refractivity contribution in [1.29, 1.82) is 0 Å². The van der Waals surface area contributed by atoms with Gasteiger partial charge in [0.2, 0.25) is 0 Å². The van der Waals surface area contributed by atoms with Crippen LogP contribution in [0.5, 0.6) is 5.75 Å². The van der Waals surface area contributed by atoms with Crippen LogP contribution in [0.3, 0.4) is 0 Å². The summed E-state index contributed by atoms with van der Waals surface area (Å²) in [5.41, 5.74) is 0.501. The maximum atomic E-state index is 11.9. The van der Waals surface area contributed by atoms with Crippen LogP contribution in [0.15, 0.2) is 18.2 Å². The number of benzene rings is 1. The van der Waals surface area contributed by atoms with Crippen LogP contribution in [-0.4, -0.2) is 19.1 Å². The van der Waals surface area contributed by atoms with Crippen LogP contribution in [0.2, 0.25) is 5.02 Å². The molecule has 2 nitrogen and oxygen atoms in total. The first-order valence-electron chi connectivity index (χ1n) is 5.21. The van der Waals surface area contributed by atoms with Crippen LogP contribution in [-0.2, 0) is 0 Å². The van der Waals surface area contributed by atoms with E-state index >= 15 is 0 Å². The lowest BCUT2D eigenvalue weighted by atomic mass is 10.0. The van der Waals surface area contributed by atoms with Crippen LogP contribution in [0.1, 0.15) is 29.6 Å². The molecule has 4 heteroatoms. The van der Waals surface area contributed by atoms with E-state index in [1.54, 1.807) is 25.3 Å². The Morgan fingerprint density at radius 1 is 1.44 bits per heavy atom. The summed E-state index contributed by atoms with van der Waals surface area (Å²) in [4.78, 5) is 11.9. The summed E-state index contributed by atoms with van der Waals surface area (Å²) < 4.78 is 5.14. The monoisotopic (exact) mass is 257 g/mol. The average molecular weight is 258 g/mol. The van der Waals surface area contributed by atoms with Crippen LogP contribution < -0.4 is 4.74 Å². The molecule has 0 saturated heterocycles. The third-order valence-corrected chi connectivity index (χ3v) is 2.97. The number of ketones is 1. The lowest BCUT2D eigenvalue weighted by molar-refractivity contribution is 0.0977. The molecule has 0 atom stereocenters.